The number of ether oxygens (including phenoxy) is 3. The van der Waals surface area contributed by atoms with E-state index in [-0.39, 0.29) is 5.60 Å². The van der Waals surface area contributed by atoms with Crippen LogP contribution in [0.25, 0.3) is 6.08 Å². The Morgan fingerprint density at radius 2 is 1.78 bits per heavy atom. The fraction of sp³-hybridized carbons (Fsp3) is 0.250. The molecule has 4 nitrogen and oxygen atoms in total. The quantitative estimate of drug-likeness (QED) is 0.237. The topological polar surface area (TPSA) is 48.1 Å². The molecule has 0 N–H and O–H groups in total. The molecule has 1 heterocycles. The number of hydrogen-bond donors (Lipinski definition) is 0. The van der Waals surface area contributed by atoms with E-state index in [1.54, 1.807) is 24.3 Å². The van der Waals surface area contributed by atoms with Crippen LogP contribution in [-0.2, 0) is 9.53 Å². The number of carbonyl (C=O) groups is 1. The van der Waals surface area contributed by atoms with Crippen molar-refractivity contribution in [2.24, 2.45) is 0 Å². The molecule has 1 fully saturated rings. The first-order chi connectivity index (χ1) is 12.8. The SMILES string of the molecule is CC1(CCOc2ccc(C=CC(=O)Oc3cc(F)c(F)c(F)c3)cc2)CO1. The zero-order chi connectivity index (χ0) is 19.4. The summed E-state index contributed by atoms with van der Waals surface area (Å²) in [4.78, 5) is 11.7. The summed E-state index contributed by atoms with van der Waals surface area (Å²) >= 11 is 0. The molecule has 1 aliphatic rings. The second-order valence-electron chi connectivity index (χ2n) is 6.36. The Kier molecular flexibility index (Phi) is 5.51. The lowest BCUT2D eigenvalue weighted by molar-refractivity contribution is -0.128. The highest BCUT2D eigenvalue weighted by atomic mass is 19.2. The molecule has 3 rings (SSSR count). The molecular formula is C20H17F3O4. The van der Waals surface area contributed by atoms with E-state index in [2.05, 4.69) is 0 Å². The van der Waals surface area contributed by atoms with E-state index in [1.807, 2.05) is 6.92 Å². The van der Waals surface area contributed by atoms with Crippen molar-refractivity contribution in [3.8, 4) is 11.5 Å². The van der Waals surface area contributed by atoms with Gasteiger partial charge in [0.15, 0.2) is 17.5 Å². The Labute approximate surface area is 154 Å². The van der Waals surface area contributed by atoms with Crippen LogP contribution in [-0.4, -0.2) is 24.8 Å². The Morgan fingerprint density at radius 1 is 1.15 bits per heavy atom. The Hall–Kier alpha value is -2.80. The Morgan fingerprint density at radius 3 is 2.37 bits per heavy atom. The van der Waals surface area contributed by atoms with Gasteiger partial charge in [-0.25, -0.2) is 18.0 Å². The maximum Gasteiger partial charge on any atom is 0.336 e. The first kappa shape index (κ1) is 19.0. The van der Waals surface area contributed by atoms with Gasteiger partial charge in [-0.3, -0.25) is 0 Å². The van der Waals surface area contributed by atoms with Crippen LogP contribution in [0.5, 0.6) is 11.5 Å². The summed E-state index contributed by atoms with van der Waals surface area (Å²) in [6.07, 6.45) is 3.38. The van der Waals surface area contributed by atoms with E-state index in [1.165, 1.54) is 6.08 Å². The van der Waals surface area contributed by atoms with Crippen LogP contribution in [0.2, 0.25) is 0 Å². The third-order valence-corrected chi connectivity index (χ3v) is 4.00. The van der Waals surface area contributed by atoms with Crippen molar-refractivity contribution in [1.29, 1.82) is 0 Å². The van der Waals surface area contributed by atoms with Gasteiger partial charge in [-0.05, 0) is 30.7 Å². The van der Waals surface area contributed by atoms with Crippen LogP contribution in [0.15, 0.2) is 42.5 Å². The minimum Gasteiger partial charge on any atom is -0.493 e. The number of halogens is 3. The summed E-state index contributed by atoms with van der Waals surface area (Å²) in [6, 6.07) is 8.20. The average Bonchev–Trinajstić information content (AvgIpc) is 3.36. The fourth-order valence-corrected chi connectivity index (χ4v) is 2.23. The molecular weight excluding hydrogens is 361 g/mol. The molecule has 0 aromatic heterocycles. The van der Waals surface area contributed by atoms with Gasteiger partial charge in [0.25, 0.3) is 0 Å². The molecule has 1 atom stereocenters. The molecule has 0 aliphatic carbocycles. The van der Waals surface area contributed by atoms with E-state index >= 15 is 0 Å². The van der Waals surface area contributed by atoms with Gasteiger partial charge in [0.2, 0.25) is 0 Å². The van der Waals surface area contributed by atoms with Crippen molar-refractivity contribution >= 4 is 12.0 Å². The third-order valence-electron chi connectivity index (χ3n) is 4.00. The van der Waals surface area contributed by atoms with Gasteiger partial charge in [0.05, 0.1) is 18.8 Å². The van der Waals surface area contributed by atoms with Gasteiger partial charge in [0.1, 0.15) is 11.5 Å². The lowest BCUT2D eigenvalue weighted by Gasteiger charge is -2.08. The van der Waals surface area contributed by atoms with Crippen LogP contribution in [0.3, 0.4) is 0 Å². The molecule has 7 heteroatoms. The highest BCUT2D eigenvalue weighted by Gasteiger charge is 2.38. The second-order valence-corrected chi connectivity index (χ2v) is 6.36. The monoisotopic (exact) mass is 378 g/mol. The summed E-state index contributed by atoms with van der Waals surface area (Å²) in [6.45, 7) is 3.33. The molecule has 0 amide bonds. The van der Waals surface area contributed by atoms with E-state index in [0.29, 0.717) is 30.1 Å². The Bertz CT molecular complexity index is 835. The van der Waals surface area contributed by atoms with Gasteiger partial charge in [-0.15, -0.1) is 0 Å². The molecule has 1 aliphatic heterocycles. The van der Waals surface area contributed by atoms with E-state index < -0.39 is 29.2 Å². The highest BCUT2D eigenvalue weighted by Crippen LogP contribution is 2.29. The van der Waals surface area contributed by atoms with Gasteiger partial charge in [0, 0.05) is 24.6 Å². The number of rotatable bonds is 7. The summed E-state index contributed by atoms with van der Waals surface area (Å²) in [5, 5.41) is 0. The molecule has 142 valence electrons. The maximum atomic E-state index is 13.1. The molecule has 0 radical (unpaired) electrons. The van der Waals surface area contributed by atoms with E-state index in [4.69, 9.17) is 14.2 Å². The predicted octanol–water partition coefficient (Wildman–Crippen LogP) is 4.28. The van der Waals surface area contributed by atoms with E-state index in [9.17, 15) is 18.0 Å². The third kappa shape index (κ3) is 5.34. The minimum atomic E-state index is -1.62. The average molecular weight is 378 g/mol. The standard InChI is InChI=1S/C20H17F3O4/c1-20(12-26-20)8-9-25-14-5-2-13(3-6-14)4-7-18(24)27-15-10-16(21)19(23)17(22)11-15/h2-7,10-11H,8-9,12H2,1H3. The van der Waals surface area contributed by atoms with Crippen molar-refractivity contribution in [3.05, 3.63) is 65.5 Å². The number of epoxide rings is 1. The first-order valence-corrected chi connectivity index (χ1v) is 8.26. The number of carbonyl (C=O) groups excluding carboxylic acids is 1. The van der Waals surface area contributed by atoms with Crippen LogP contribution < -0.4 is 9.47 Å². The molecule has 0 bridgehead atoms. The predicted molar refractivity (Wildman–Crippen MR) is 91.9 cm³/mol. The zero-order valence-corrected chi connectivity index (χ0v) is 14.5. The molecule has 2 aromatic rings. The number of benzene rings is 2. The van der Waals surface area contributed by atoms with Gasteiger partial charge >= 0.3 is 5.97 Å². The molecule has 27 heavy (non-hydrogen) atoms. The van der Waals surface area contributed by atoms with Crippen molar-refractivity contribution in [2.75, 3.05) is 13.2 Å². The van der Waals surface area contributed by atoms with E-state index in [0.717, 1.165) is 19.1 Å². The molecule has 0 saturated carbocycles. The lowest BCUT2D eigenvalue weighted by atomic mass is 10.1. The molecule has 0 spiro atoms. The molecule has 1 saturated heterocycles. The van der Waals surface area contributed by atoms with Crippen LogP contribution >= 0.6 is 0 Å². The molecule has 1 unspecified atom stereocenters. The lowest BCUT2D eigenvalue weighted by Crippen LogP contribution is -2.10. The second kappa shape index (κ2) is 7.84. The van der Waals surface area contributed by atoms with Crippen LogP contribution in [0.1, 0.15) is 18.9 Å². The maximum absolute atomic E-state index is 13.1. The van der Waals surface area contributed by atoms with Crippen LogP contribution in [0, 0.1) is 17.5 Å². The summed E-state index contributed by atoms with van der Waals surface area (Å²) in [5.41, 5.74) is 0.646. The van der Waals surface area contributed by atoms with Gasteiger partial charge in [-0.2, -0.15) is 0 Å². The normalized spacial score (nSPS) is 18.5. The summed E-state index contributed by atoms with van der Waals surface area (Å²) < 4.78 is 54.7. The number of hydrogen-bond acceptors (Lipinski definition) is 4. The fourth-order valence-electron chi connectivity index (χ4n) is 2.23. The Balaban J connectivity index is 1.51. The van der Waals surface area contributed by atoms with Crippen molar-refractivity contribution in [3.63, 3.8) is 0 Å². The first-order valence-electron chi connectivity index (χ1n) is 8.26. The smallest absolute Gasteiger partial charge is 0.336 e. The minimum absolute atomic E-state index is 0.0562. The summed E-state index contributed by atoms with van der Waals surface area (Å²) in [7, 11) is 0. The van der Waals surface area contributed by atoms with Gasteiger partial charge < -0.3 is 14.2 Å². The summed E-state index contributed by atoms with van der Waals surface area (Å²) in [5.74, 6) is -5.06. The van der Waals surface area contributed by atoms with Crippen molar-refractivity contribution in [1.82, 2.24) is 0 Å². The van der Waals surface area contributed by atoms with Crippen molar-refractivity contribution in [2.45, 2.75) is 18.9 Å². The van der Waals surface area contributed by atoms with Crippen LogP contribution in [0.4, 0.5) is 13.2 Å². The molecule has 2 aromatic carbocycles. The number of esters is 1. The van der Waals surface area contributed by atoms with Crippen molar-refractivity contribution < 1.29 is 32.2 Å². The largest absolute Gasteiger partial charge is 0.493 e. The zero-order valence-electron chi connectivity index (χ0n) is 14.5. The van der Waals surface area contributed by atoms with Gasteiger partial charge in [-0.1, -0.05) is 12.1 Å². The highest BCUT2D eigenvalue weighted by molar-refractivity contribution is 5.88.